The van der Waals surface area contributed by atoms with E-state index >= 15 is 0 Å². The first kappa shape index (κ1) is 5.37. The number of primary amides is 1. The van der Waals surface area contributed by atoms with Gasteiger partial charge in [-0.1, -0.05) is 11.5 Å². The quantitative estimate of drug-likeness (QED) is 0.579. The van der Waals surface area contributed by atoms with E-state index in [4.69, 9.17) is 5.73 Å². The van der Waals surface area contributed by atoms with E-state index in [0.717, 1.165) is 0 Å². The molecule has 1 aromatic heterocycles. The Morgan fingerprint density at radius 3 is 2.62 bits per heavy atom. The summed E-state index contributed by atoms with van der Waals surface area (Å²) in [4.78, 5) is 10.9. The minimum absolute atomic E-state index is 0.340. The standard InChI is InChI=1S/C4H6N2OS/c1-6-2-3(8-6)4(5)7/h2H,1H3,(H2,5,7). The summed E-state index contributed by atoms with van der Waals surface area (Å²) in [6.45, 7) is 0. The fourth-order valence-corrected chi connectivity index (χ4v) is 1.03. The van der Waals surface area contributed by atoms with Crippen LogP contribution in [0.3, 0.4) is 0 Å². The molecule has 1 aromatic rings. The van der Waals surface area contributed by atoms with Crippen LogP contribution < -0.4 is 5.73 Å². The van der Waals surface area contributed by atoms with Gasteiger partial charge in [0, 0.05) is 13.2 Å². The highest BCUT2D eigenvalue weighted by Crippen LogP contribution is 2.08. The predicted molar refractivity (Wildman–Crippen MR) is 31.8 cm³/mol. The second kappa shape index (κ2) is 1.63. The molecule has 0 saturated carbocycles. The number of aromatic nitrogens is 1. The minimum atomic E-state index is -0.340. The molecule has 4 heteroatoms. The molecule has 2 N–H and O–H groups in total. The Kier molecular flexibility index (Phi) is 1.09. The van der Waals surface area contributed by atoms with Gasteiger partial charge >= 0.3 is 0 Å². The van der Waals surface area contributed by atoms with E-state index in [9.17, 15) is 4.79 Å². The molecule has 1 heterocycles. The van der Waals surface area contributed by atoms with Gasteiger partial charge in [-0.15, -0.1) is 0 Å². The van der Waals surface area contributed by atoms with Crippen molar-refractivity contribution in [2.45, 2.75) is 0 Å². The first-order chi connectivity index (χ1) is 3.70. The first-order valence-corrected chi connectivity index (χ1v) is 2.90. The number of hydrogen-bond acceptors (Lipinski definition) is 2. The van der Waals surface area contributed by atoms with Crippen LogP contribution in [0.1, 0.15) is 9.67 Å². The van der Waals surface area contributed by atoms with Gasteiger partial charge in [0.2, 0.25) is 0 Å². The molecule has 1 rings (SSSR count). The van der Waals surface area contributed by atoms with Crippen molar-refractivity contribution in [1.29, 1.82) is 0 Å². The summed E-state index contributed by atoms with van der Waals surface area (Å²) in [5, 5.41) is 0. The van der Waals surface area contributed by atoms with Gasteiger partial charge in [-0.2, -0.15) is 0 Å². The maximum absolute atomic E-state index is 10.2. The van der Waals surface area contributed by atoms with Gasteiger partial charge in [0.25, 0.3) is 5.91 Å². The number of hydrogen-bond donors (Lipinski definition) is 1. The van der Waals surface area contributed by atoms with E-state index in [2.05, 4.69) is 0 Å². The second-order valence-corrected chi connectivity index (χ2v) is 2.69. The molecule has 0 aromatic carbocycles. The Labute approximate surface area is 50.9 Å². The van der Waals surface area contributed by atoms with Gasteiger partial charge < -0.3 is 9.69 Å². The molecule has 0 aliphatic rings. The number of amides is 1. The van der Waals surface area contributed by atoms with Gasteiger partial charge in [-0.25, -0.2) is 0 Å². The van der Waals surface area contributed by atoms with Gasteiger partial charge in [0.15, 0.2) is 0 Å². The van der Waals surface area contributed by atoms with Crippen molar-refractivity contribution >= 4 is 17.4 Å². The Hall–Kier alpha value is -0.770. The summed E-state index contributed by atoms with van der Waals surface area (Å²) in [7, 11) is 1.86. The van der Waals surface area contributed by atoms with Crippen LogP contribution in [0.4, 0.5) is 0 Å². The second-order valence-electron chi connectivity index (χ2n) is 1.50. The minimum Gasteiger partial charge on any atom is -0.365 e. The summed E-state index contributed by atoms with van der Waals surface area (Å²) in [6.07, 6.45) is 1.70. The Bertz CT molecular complexity index is 188. The van der Waals surface area contributed by atoms with Crippen LogP contribution in [0, 0.1) is 0 Å². The fourth-order valence-electron chi connectivity index (χ4n) is 0.430. The van der Waals surface area contributed by atoms with Crippen LogP contribution in [0.2, 0.25) is 0 Å². The third kappa shape index (κ3) is 0.742. The molecule has 3 nitrogen and oxygen atoms in total. The lowest BCUT2D eigenvalue weighted by atomic mass is 10.5. The van der Waals surface area contributed by atoms with Gasteiger partial charge in [-0.05, 0) is 0 Å². The van der Waals surface area contributed by atoms with Crippen LogP contribution in [0.5, 0.6) is 0 Å². The first-order valence-electron chi connectivity index (χ1n) is 2.12. The van der Waals surface area contributed by atoms with E-state index in [-0.39, 0.29) is 5.91 Å². The van der Waals surface area contributed by atoms with Crippen molar-refractivity contribution in [3.05, 3.63) is 11.1 Å². The molecule has 44 valence electrons. The third-order valence-corrected chi connectivity index (χ3v) is 1.68. The predicted octanol–water partition coefficient (Wildman–Crippen LogP) is 0.186. The molecule has 1 amide bonds. The number of aryl methyl sites for hydroxylation is 1. The molecule has 0 atom stereocenters. The maximum atomic E-state index is 10.2. The highest BCUT2D eigenvalue weighted by molar-refractivity contribution is 7.09. The van der Waals surface area contributed by atoms with Crippen molar-refractivity contribution in [1.82, 2.24) is 3.96 Å². The number of carbonyl (C=O) groups excluding carboxylic acids is 1. The largest absolute Gasteiger partial charge is 0.365 e. The van der Waals surface area contributed by atoms with E-state index in [1.54, 1.807) is 6.20 Å². The van der Waals surface area contributed by atoms with E-state index in [1.807, 2.05) is 11.0 Å². The zero-order valence-electron chi connectivity index (χ0n) is 4.42. The molecule has 0 saturated heterocycles. The summed E-state index contributed by atoms with van der Waals surface area (Å²) in [5.74, 6) is -0.340. The topological polar surface area (TPSA) is 48.0 Å². The lowest BCUT2D eigenvalue weighted by Crippen LogP contribution is -2.13. The highest BCUT2D eigenvalue weighted by atomic mass is 32.1. The molecule has 0 aliphatic heterocycles. The van der Waals surface area contributed by atoms with Crippen molar-refractivity contribution in [2.75, 3.05) is 0 Å². The maximum Gasteiger partial charge on any atom is 0.261 e. The molecular formula is C4H6N2OS. The zero-order valence-corrected chi connectivity index (χ0v) is 5.23. The fraction of sp³-hybridized carbons (Fsp3) is 0.250. The van der Waals surface area contributed by atoms with Crippen molar-refractivity contribution in [2.24, 2.45) is 12.8 Å². The molecule has 0 unspecified atom stereocenters. The molecule has 0 fully saturated rings. The SMILES string of the molecule is Cn1cc(C(N)=O)s1. The van der Waals surface area contributed by atoms with Crippen LogP contribution >= 0.6 is 11.5 Å². The lowest BCUT2D eigenvalue weighted by Gasteiger charge is -2.02. The van der Waals surface area contributed by atoms with E-state index in [1.165, 1.54) is 11.5 Å². The van der Waals surface area contributed by atoms with Crippen molar-refractivity contribution < 1.29 is 4.79 Å². The van der Waals surface area contributed by atoms with Crippen LogP contribution in [0.25, 0.3) is 0 Å². The summed E-state index contributed by atoms with van der Waals surface area (Å²) < 4.78 is 1.82. The average molecular weight is 130 g/mol. The average Bonchev–Trinajstić information content (AvgIpc) is 1.57. The Morgan fingerprint density at radius 1 is 2.00 bits per heavy atom. The zero-order chi connectivity index (χ0) is 6.15. The Morgan fingerprint density at radius 2 is 2.50 bits per heavy atom. The Balaban J connectivity index is 2.73. The molecular weight excluding hydrogens is 124 g/mol. The van der Waals surface area contributed by atoms with Gasteiger partial charge in [0.05, 0.1) is 0 Å². The summed E-state index contributed by atoms with van der Waals surface area (Å²) in [6, 6.07) is 0. The van der Waals surface area contributed by atoms with Gasteiger partial charge in [0.1, 0.15) is 4.88 Å². The summed E-state index contributed by atoms with van der Waals surface area (Å²) >= 11 is 1.36. The van der Waals surface area contributed by atoms with Crippen LogP contribution in [-0.2, 0) is 7.05 Å². The highest BCUT2D eigenvalue weighted by Gasteiger charge is 2.03. The van der Waals surface area contributed by atoms with Crippen LogP contribution in [-0.4, -0.2) is 9.86 Å². The third-order valence-electron chi connectivity index (χ3n) is 0.784. The number of nitrogens with zero attached hydrogens (tertiary/aromatic N) is 1. The van der Waals surface area contributed by atoms with E-state index in [0.29, 0.717) is 4.88 Å². The molecule has 0 spiro atoms. The van der Waals surface area contributed by atoms with Crippen molar-refractivity contribution in [3.8, 4) is 0 Å². The smallest absolute Gasteiger partial charge is 0.261 e. The number of nitrogens with two attached hydrogens (primary N) is 1. The molecule has 8 heavy (non-hydrogen) atoms. The van der Waals surface area contributed by atoms with Crippen molar-refractivity contribution in [3.63, 3.8) is 0 Å². The number of carbonyl (C=O) groups is 1. The van der Waals surface area contributed by atoms with Gasteiger partial charge in [-0.3, -0.25) is 4.79 Å². The monoisotopic (exact) mass is 130 g/mol. The molecule has 0 aliphatic carbocycles. The van der Waals surface area contributed by atoms with Crippen LogP contribution in [0.15, 0.2) is 6.20 Å². The van der Waals surface area contributed by atoms with E-state index < -0.39 is 0 Å². The normalized spacial score (nSPS) is 9.62. The molecule has 0 radical (unpaired) electrons. The lowest BCUT2D eigenvalue weighted by molar-refractivity contribution is 0.100. The molecule has 0 bridgehead atoms. The summed E-state index contributed by atoms with van der Waals surface area (Å²) in [5.41, 5.74) is 4.91. The number of rotatable bonds is 1.